The molecule has 2 aromatic heterocycles. The Morgan fingerprint density at radius 3 is 2.67 bits per heavy atom. The smallest absolute Gasteiger partial charge is 0.306 e. The molecule has 8 heteroatoms. The first-order valence-corrected chi connectivity index (χ1v) is 12.1. The van der Waals surface area contributed by atoms with Crippen molar-refractivity contribution in [3.05, 3.63) is 78.1 Å². The van der Waals surface area contributed by atoms with E-state index in [2.05, 4.69) is 20.4 Å². The zero-order valence-electron chi connectivity index (χ0n) is 20.1. The van der Waals surface area contributed by atoms with Crippen LogP contribution in [0.5, 0.6) is 5.75 Å². The molecule has 0 bridgehead atoms. The first-order chi connectivity index (χ1) is 17.6. The van der Waals surface area contributed by atoms with Crippen LogP contribution in [0.2, 0.25) is 0 Å². The Bertz CT molecular complexity index is 1320. The molecule has 1 aliphatic rings. The van der Waals surface area contributed by atoms with Gasteiger partial charge in [0.25, 0.3) is 0 Å². The number of aliphatic carboxylic acids is 1. The molecule has 184 valence electrons. The largest absolute Gasteiger partial charge is 0.490 e. The number of rotatable bonds is 8. The highest BCUT2D eigenvalue weighted by molar-refractivity contribution is 5.70. The fraction of sp³-hybridized carbons (Fsp3) is 0.286. The van der Waals surface area contributed by atoms with Gasteiger partial charge in [0.1, 0.15) is 5.75 Å². The summed E-state index contributed by atoms with van der Waals surface area (Å²) in [4.78, 5) is 20.3. The summed E-state index contributed by atoms with van der Waals surface area (Å²) in [5.74, 6) is 0.857. The highest BCUT2D eigenvalue weighted by Gasteiger charge is 2.28. The molecule has 0 amide bonds. The minimum atomic E-state index is -0.738. The Morgan fingerprint density at radius 2 is 1.89 bits per heavy atom. The van der Waals surface area contributed by atoms with Gasteiger partial charge in [0.2, 0.25) is 5.95 Å². The average molecular weight is 485 g/mol. The van der Waals surface area contributed by atoms with E-state index in [4.69, 9.17) is 9.26 Å². The van der Waals surface area contributed by atoms with Crippen LogP contribution in [0.25, 0.3) is 22.6 Å². The van der Waals surface area contributed by atoms with Crippen molar-refractivity contribution in [1.29, 1.82) is 0 Å². The van der Waals surface area contributed by atoms with Crippen molar-refractivity contribution in [2.24, 2.45) is 5.92 Å². The third-order valence-corrected chi connectivity index (χ3v) is 6.53. The number of carboxylic acid groups (broad SMARTS) is 1. The molecule has 2 N–H and O–H groups in total. The maximum absolute atomic E-state index is 11.3. The second-order valence-electron chi connectivity index (χ2n) is 9.03. The van der Waals surface area contributed by atoms with Crippen LogP contribution in [0.4, 0.5) is 5.95 Å². The summed E-state index contributed by atoms with van der Waals surface area (Å²) in [6.45, 7) is 2.37. The van der Waals surface area contributed by atoms with Crippen LogP contribution in [0.1, 0.15) is 36.9 Å². The second kappa shape index (κ2) is 10.6. The van der Waals surface area contributed by atoms with Gasteiger partial charge >= 0.3 is 5.97 Å². The molecule has 1 fully saturated rings. The van der Waals surface area contributed by atoms with E-state index in [0.29, 0.717) is 24.7 Å². The topological polar surface area (TPSA) is 110 Å². The van der Waals surface area contributed by atoms with E-state index in [1.807, 2.05) is 67.6 Å². The van der Waals surface area contributed by atoms with Crippen molar-refractivity contribution in [3.63, 3.8) is 0 Å². The fourth-order valence-electron chi connectivity index (χ4n) is 4.56. The van der Waals surface area contributed by atoms with E-state index < -0.39 is 5.97 Å². The van der Waals surface area contributed by atoms with Crippen LogP contribution in [-0.4, -0.2) is 32.3 Å². The van der Waals surface area contributed by atoms with Gasteiger partial charge in [0, 0.05) is 29.4 Å². The third kappa shape index (κ3) is 5.38. The van der Waals surface area contributed by atoms with Crippen LogP contribution < -0.4 is 10.1 Å². The number of carbonyl (C=O) groups is 1. The Labute approximate surface area is 209 Å². The van der Waals surface area contributed by atoms with Gasteiger partial charge < -0.3 is 19.7 Å². The molecule has 2 aromatic carbocycles. The first-order valence-electron chi connectivity index (χ1n) is 12.1. The van der Waals surface area contributed by atoms with Crippen LogP contribution in [0.15, 0.2) is 71.4 Å². The number of nitrogens with zero attached hydrogens (tertiary/aromatic N) is 3. The Morgan fingerprint density at radius 1 is 1.08 bits per heavy atom. The number of aromatic nitrogens is 3. The predicted molar refractivity (Wildman–Crippen MR) is 135 cm³/mol. The minimum absolute atomic E-state index is 0.0790. The van der Waals surface area contributed by atoms with Crippen molar-refractivity contribution >= 4 is 11.9 Å². The Balaban J connectivity index is 1.26. The second-order valence-corrected chi connectivity index (χ2v) is 9.03. The summed E-state index contributed by atoms with van der Waals surface area (Å²) in [6, 6.07) is 19.5. The van der Waals surface area contributed by atoms with Crippen molar-refractivity contribution in [1.82, 2.24) is 15.1 Å². The van der Waals surface area contributed by atoms with Gasteiger partial charge in [0.15, 0.2) is 5.76 Å². The molecule has 8 nitrogen and oxygen atoms in total. The number of nitrogens with one attached hydrogen (secondary N) is 1. The quantitative estimate of drug-likeness (QED) is 0.326. The maximum atomic E-state index is 11.3. The minimum Gasteiger partial charge on any atom is -0.490 e. The molecule has 0 spiro atoms. The summed E-state index contributed by atoms with van der Waals surface area (Å²) in [5, 5.41) is 16.8. The molecule has 1 saturated carbocycles. The number of aryl methyl sites for hydroxylation is 1. The molecule has 2 atom stereocenters. The van der Waals surface area contributed by atoms with Gasteiger partial charge in [-0.1, -0.05) is 35.5 Å². The molecule has 0 aliphatic heterocycles. The van der Waals surface area contributed by atoms with Crippen molar-refractivity contribution in [3.8, 4) is 28.3 Å². The normalized spacial score (nSPS) is 17.5. The number of carboxylic acids is 1. The first kappa shape index (κ1) is 23.5. The molecule has 0 saturated heterocycles. The Hall–Kier alpha value is -4.20. The Kier molecular flexibility index (Phi) is 6.93. The molecular weight excluding hydrogens is 456 g/mol. The highest BCUT2D eigenvalue weighted by Crippen LogP contribution is 2.31. The van der Waals surface area contributed by atoms with Crippen LogP contribution in [-0.2, 0) is 11.3 Å². The van der Waals surface area contributed by atoms with Gasteiger partial charge in [-0.3, -0.25) is 4.79 Å². The van der Waals surface area contributed by atoms with E-state index in [9.17, 15) is 9.90 Å². The average Bonchev–Trinajstić information content (AvgIpc) is 3.29. The SMILES string of the molecule is Cc1noc(-c2ccc(O[C@H]3CCC[C@H](C(=O)O)C3)cc2)c1CNc1nccc(-c2ccccc2)n1. The van der Waals surface area contributed by atoms with Crippen molar-refractivity contribution < 1.29 is 19.2 Å². The van der Waals surface area contributed by atoms with Crippen LogP contribution in [0.3, 0.4) is 0 Å². The van der Waals surface area contributed by atoms with E-state index >= 15 is 0 Å². The summed E-state index contributed by atoms with van der Waals surface area (Å²) in [5.41, 5.74) is 4.47. The van der Waals surface area contributed by atoms with E-state index in [-0.39, 0.29) is 12.0 Å². The fourth-order valence-corrected chi connectivity index (χ4v) is 4.56. The van der Waals surface area contributed by atoms with Crippen LogP contribution in [0, 0.1) is 12.8 Å². The number of ether oxygens (including phenoxy) is 1. The maximum Gasteiger partial charge on any atom is 0.306 e. The monoisotopic (exact) mass is 484 g/mol. The predicted octanol–water partition coefficient (Wildman–Crippen LogP) is 5.74. The lowest BCUT2D eigenvalue weighted by Crippen LogP contribution is -2.29. The standard InChI is InChI=1S/C28H28N4O4/c1-18-24(17-30-28-29-15-14-25(31-28)19-6-3-2-4-7-19)26(36-32-18)20-10-12-22(13-11-20)35-23-9-5-8-21(16-23)27(33)34/h2-4,6-7,10-15,21,23H,5,8-9,16-17H2,1H3,(H,33,34)(H,29,30,31)/t21-,23-/m0/s1. The summed E-state index contributed by atoms with van der Waals surface area (Å²) >= 11 is 0. The molecule has 1 aliphatic carbocycles. The number of hydrogen-bond acceptors (Lipinski definition) is 7. The molecule has 2 heterocycles. The summed E-state index contributed by atoms with van der Waals surface area (Å²) in [6.07, 6.45) is 4.66. The lowest BCUT2D eigenvalue weighted by Gasteiger charge is -2.27. The van der Waals surface area contributed by atoms with Gasteiger partial charge in [-0.05, 0) is 62.9 Å². The van der Waals surface area contributed by atoms with Crippen molar-refractivity contribution in [2.75, 3.05) is 5.32 Å². The third-order valence-electron chi connectivity index (χ3n) is 6.53. The molecule has 0 unspecified atom stereocenters. The lowest BCUT2D eigenvalue weighted by molar-refractivity contribution is -0.143. The van der Waals surface area contributed by atoms with Gasteiger partial charge in [-0.15, -0.1) is 0 Å². The highest BCUT2D eigenvalue weighted by atomic mass is 16.5. The molecule has 4 aromatic rings. The van der Waals surface area contributed by atoms with Gasteiger partial charge in [-0.2, -0.15) is 0 Å². The van der Waals surface area contributed by atoms with Gasteiger partial charge in [-0.25, -0.2) is 9.97 Å². The number of hydrogen-bond donors (Lipinski definition) is 2. The van der Waals surface area contributed by atoms with Crippen LogP contribution >= 0.6 is 0 Å². The zero-order valence-corrected chi connectivity index (χ0v) is 20.1. The molecule has 36 heavy (non-hydrogen) atoms. The summed E-state index contributed by atoms with van der Waals surface area (Å²) in [7, 11) is 0. The molecular formula is C28H28N4O4. The van der Waals surface area contributed by atoms with Crippen molar-refractivity contribution in [2.45, 2.75) is 45.3 Å². The van der Waals surface area contributed by atoms with E-state index in [0.717, 1.165) is 53.1 Å². The lowest BCUT2D eigenvalue weighted by atomic mass is 9.87. The van der Waals surface area contributed by atoms with E-state index in [1.165, 1.54) is 0 Å². The zero-order chi connectivity index (χ0) is 24.9. The molecule has 0 radical (unpaired) electrons. The van der Waals surface area contributed by atoms with Gasteiger partial charge in [0.05, 0.1) is 23.4 Å². The van der Waals surface area contributed by atoms with E-state index in [1.54, 1.807) is 6.20 Å². The number of benzene rings is 2. The molecule has 5 rings (SSSR count). The number of anilines is 1. The summed E-state index contributed by atoms with van der Waals surface area (Å²) < 4.78 is 11.7.